The van der Waals surface area contributed by atoms with Crippen molar-refractivity contribution in [2.75, 3.05) is 26.2 Å². The molecule has 0 N–H and O–H groups in total. The van der Waals surface area contributed by atoms with Gasteiger partial charge in [-0.3, -0.25) is 14.4 Å². The number of aryl methyl sites for hydroxylation is 1. The van der Waals surface area contributed by atoms with Crippen LogP contribution in [0.3, 0.4) is 0 Å². The van der Waals surface area contributed by atoms with Gasteiger partial charge in [0.1, 0.15) is 5.82 Å². The summed E-state index contributed by atoms with van der Waals surface area (Å²) < 4.78 is 16.3. The highest BCUT2D eigenvalue weighted by molar-refractivity contribution is 9.10. The normalized spacial score (nSPS) is 15.6. The number of nitrogens with zero attached hydrogens (tertiary/aromatic N) is 4. The van der Waals surface area contributed by atoms with Crippen molar-refractivity contribution >= 4 is 33.4 Å². The third kappa shape index (κ3) is 3.73. The Balaban J connectivity index is 1.64. The number of benzene rings is 1. The van der Waals surface area contributed by atoms with Gasteiger partial charge >= 0.3 is 0 Å². The van der Waals surface area contributed by atoms with Crippen LogP contribution in [0.15, 0.2) is 22.7 Å². The van der Waals surface area contributed by atoms with Crippen LogP contribution >= 0.6 is 27.5 Å². The molecule has 0 radical (unpaired) electrons. The maximum absolute atomic E-state index is 13.9. The van der Waals surface area contributed by atoms with Crippen LogP contribution in [-0.4, -0.2) is 51.7 Å². The number of piperazine rings is 1. The van der Waals surface area contributed by atoms with Gasteiger partial charge in [0, 0.05) is 50.4 Å². The van der Waals surface area contributed by atoms with E-state index in [2.05, 4.69) is 25.9 Å². The van der Waals surface area contributed by atoms with E-state index in [1.807, 2.05) is 14.0 Å². The standard InChI is InChI=1S/C17H19BrClFN4O/c1-11-15(18)16(21-22(11)2)17(25)24-8-6-23(7-9-24)10-12-13(19)4-3-5-14(12)20/h3-5H,6-10H2,1-2H3. The molecule has 0 bridgehead atoms. The molecular formula is C17H19BrClFN4O. The van der Waals surface area contributed by atoms with Gasteiger partial charge in [0.2, 0.25) is 0 Å². The zero-order valence-electron chi connectivity index (χ0n) is 14.1. The van der Waals surface area contributed by atoms with Crippen molar-refractivity contribution in [1.29, 1.82) is 0 Å². The van der Waals surface area contributed by atoms with Gasteiger partial charge in [-0.25, -0.2) is 4.39 Å². The van der Waals surface area contributed by atoms with Crippen molar-refractivity contribution in [1.82, 2.24) is 19.6 Å². The Morgan fingerprint density at radius 2 is 2.00 bits per heavy atom. The third-order valence-electron chi connectivity index (χ3n) is 4.57. The number of aromatic nitrogens is 2. The van der Waals surface area contributed by atoms with E-state index in [1.54, 1.807) is 21.7 Å². The largest absolute Gasteiger partial charge is 0.335 e. The second kappa shape index (κ2) is 7.43. The van der Waals surface area contributed by atoms with Crippen LogP contribution in [0.2, 0.25) is 5.02 Å². The molecule has 0 aliphatic carbocycles. The molecule has 0 spiro atoms. The van der Waals surface area contributed by atoms with Crippen molar-refractivity contribution < 1.29 is 9.18 Å². The lowest BCUT2D eigenvalue weighted by Gasteiger charge is -2.34. The maximum Gasteiger partial charge on any atom is 0.275 e. The molecule has 25 heavy (non-hydrogen) atoms. The van der Waals surface area contributed by atoms with Gasteiger partial charge in [-0.2, -0.15) is 5.10 Å². The molecule has 0 unspecified atom stereocenters. The number of amides is 1. The Morgan fingerprint density at radius 1 is 1.32 bits per heavy atom. The predicted octanol–water partition coefficient (Wildman–Crippen LogP) is 3.24. The van der Waals surface area contributed by atoms with E-state index < -0.39 is 0 Å². The zero-order chi connectivity index (χ0) is 18.1. The molecule has 1 aliphatic rings. The number of carbonyl (C=O) groups is 1. The summed E-state index contributed by atoms with van der Waals surface area (Å²) in [4.78, 5) is 16.6. The van der Waals surface area contributed by atoms with Gasteiger partial charge in [-0.15, -0.1) is 0 Å². The predicted molar refractivity (Wildman–Crippen MR) is 98.2 cm³/mol. The first-order chi connectivity index (χ1) is 11.9. The number of halogens is 3. The molecule has 2 aromatic rings. The molecule has 1 aromatic carbocycles. The van der Waals surface area contributed by atoms with Gasteiger partial charge in [0.25, 0.3) is 5.91 Å². The number of rotatable bonds is 3. The van der Waals surface area contributed by atoms with Crippen LogP contribution in [0, 0.1) is 12.7 Å². The van der Waals surface area contributed by atoms with Gasteiger partial charge in [-0.1, -0.05) is 17.7 Å². The highest BCUT2D eigenvalue weighted by Gasteiger charge is 2.27. The van der Waals surface area contributed by atoms with Crippen LogP contribution in [0.25, 0.3) is 0 Å². The summed E-state index contributed by atoms with van der Waals surface area (Å²) in [5.74, 6) is -0.377. The van der Waals surface area contributed by atoms with E-state index in [0.29, 0.717) is 49.0 Å². The smallest absolute Gasteiger partial charge is 0.275 e. The molecule has 0 atom stereocenters. The van der Waals surface area contributed by atoms with Gasteiger partial charge < -0.3 is 4.90 Å². The lowest BCUT2D eigenvalue weighted by atomic mass is 10.1. The molecule has 134 valence electrons. The Hall–Kier alpha value is -1.44. The second-order valence-electron chi connectivity index (χ2n) is 6.14. The van der Waals surface area contributed by atoms with Crippen LogP contribution < -0.4 is 0 Å². The van der Waals surface area contributed by atoms with Crippen LogP contribution in [0.5, 0.6) is 0 Å². The number of hydrogen-bond donors (Lipinski definition) is 0. The van der Waals surface area contributed by atoms with Crippen molar-refractivity contribution in [3.05, 3.63) is 50.5 Å². The highest BCUT2D eigenvalue weighted by atomic mass is 79.9. The van der Waals surface area contributed by atoms with E-state index in [1.165, 1.54) is 6.07 Å². The summed E-state index contributed by atoms with van der Waals surface area (Å²) in [5, 5.41) is 4.73. The lowest BCUT2D eigenvalue weighted by Crippen LogP contribution is -2.48. The van der Waals surface area contributed by atoms with Crippen molar-refractivity contribution in [2.24, 2.45) is 7.05 Å². The first-order valence-corrected chi connectivity index (χ1v) is 9.19. The summed E-state index contributed by atoms with van der Waals surface area (Å²) in [6.45, 7) is 4.84. The summed E-state index contributed by atoms with van der Waals surface area (Å²) in [6, 6.07) is 4.72. The first-order valence-electron chi connectivity index (χ1n) is 8.02. The Bertz CT molecular complexity index is 782. The highest BCUT2D eigenvalue weighted by Crippen LogP contribution is 2.23. The molecule has 1 amide bonds. The molecule has 5 nitrogen and oxygen atoms in total. The molecule has 2 heterocycles. The van der Waals surface area contributed by atoms with Crippen molar-refractivity contribution in [3.63, 3.8) is 0 Å². The summed E-state index contributed by atoms with van der Waals surface area (Å²) in [6.07, 6.45) is 0. The average Bonchev–Trinajstić information content (AvgIpc) is 2.86. The molecule has 0 saturated carbocycles. The fraction of sp³-hybridized carbons (Fsp3) is 0.412. The van der Waals surface area contributed by atoms with E-state index in [9.17, 15) is 9.18 Å². The molecule has 1 saturated heterocycles. The molecule has 1 aliphatic heterocycles. The fourth-order valence-electron chi connectivity index (χ4n) is 2.88. The molecule has 1 aromatic heterocycles. The quantitative estimate of drug-likeness (QED) is 0.752. The molecular weight excluding hydrogens is 411 g/mol. The van der Waals surface area contributed by atoms with Crippen LogP contribution in [-0.2, 0) is 13.6 Å². The first kappa shape index (κ1) is 18.4. The SMILES string of the molecule is Cc1c(Br)c(C(=O)N2CCN(Cc3c(F)cccc3Cl)CC2)nn1C. The molecule has 8 heteroatoms. The topological polar surface area (TPSA) is 41.4 Å². The van der Waals surface area contributed by atoms with Crippen molar-refractivity contribution in [2.45, 2.75) is 13.5 Å². The summed E-state index contributed by atoms with van der Waals surface area (Å²) in [7, 11) is 1.81. The van der Waals surface area contributed by atoms with Gasteiger partial charge in [0.15, 0.2) is 5.69 Å². The maximum atomic E-state index is 13.9. The second-order valence-corrected chi connectivity index (χ2v) is 7.34. The van der Waals surface area contributed by atoms with Crippen LogP contribution in [0.1, 0.15) is 21.7 Å². The van der Waals surface area contributed by atoms with E-state index in [4.69, 9.17) is 11.6 Å². The van der Waals surface area contributed by atoms with E-state index >= 15 is 0 Å². The fourth-order valence-corrected chi connectivity index (χ4v) is 3.61. The zero-order valence-corrected chi connectivity index (χ0v) is 16.4. The lowest BCUT2D eigenvalue weighted by molar-refractivity contribution is 0.0619. The minimum atomic E-state index is -0.293. The third-order valence-corrected chi connectivity index (χ3v) is 5.87. The minimum absolute atomic E-state index is 0.0841. The average molecular weight is 430 g/mol. The summed E-state index contributed by atoms with van der Waals surface area (Å²) in [5.41, 5.74) is 1.86. The van der Waals surface area contributed by atoms with Gasteiger partial charge in [-0.05, 0) is 35.0 Å². The van der Waals surface area contributed by atoms with Crippen molar-refractivity contribution in [3.8, 4) is 0 Å². The summed E-state index contributed by atoms with van der Waals surface area (Å²) >= 11 is 9.54. The number of carbonyl (C=O) groups excluding carboxylic acids is 1. The molecule has 3 rings (SSSR count). The minimum Gasteiger partial charge on any atom is -0.335 e. The van der Waals surface area contributed by atoms with E-state index in [-0.39, 0.29) is 11.7 Å². The Morgan fingerprint density at radius 3 is 2.56 bits per heavy atom. The van der Waals surface area contributed by atoms with E-state index in [0.717, 1.165) is 10.2 Å². The monoisotopic (exact) mass is 428 g/mol. The van der Waals surface area contributed by atoms with Gasteiger partial charge in [0.05, 0.1) is 10.2 Å². The Kier molecular flexibility index (Phi) is 5.46. The number of hydrogen-bond acceptors (Lipinski definition) is 3. The Labute approximate surface area is 159 Å². The van der Waals surface area contributed by atoms with Crippen LogP contribution in [0.4, 0.5) is 4.39 Å². The molecule has 1 fully saturated rings.